The van der Waals surface area contributed by atoms with Gasteiger partial charge >= 0.3 is 0 Å². The molecule has 2 aliphatic heterocycles. The molecule has 0 saturated heterocycles. The SMILES string of the molecule is CC1=CC(C)(C)Nc2ccc3c(c21)C(c1ccc(F)cc1)Oc1c(F)cc(F)cc1-3. The van der Waals surface area contributed by atoms with Gasteiger partial charge in [-0.2, -0.15) is 0 Å². The zero-order valence-electron chi connectivity index (χ0n) is 16.8. The lowest BCUT2D eigenvalue weighted by Gasteiger charge is -2.37. The van der Waals surface area contributed by atoms with E-state index in [9.17, 15) is 13.2 Å². The Hall–Kier alpha value is -3.21. The van der Waals surface area contributed by atoms with Gasteiger partial charge < -0.3 is 10.1 Å². The number of benzene rings is 3. The first-order valence-corrected chi connectivity index (χ1v) is 9.80. The van der Waals surface area contributed by atoms with Crippen molar-refractivity contribution in [2.45, 2.75) is 32.4 Å². The lowest BCUT2D eigenvalue weighted by molar-refractivity contribution is 0.231. The summed E-state index contributed by atoms with van der Waals surface area (Å²) in [5.74, 6) is -1.78. The fourth-order valence-corrected chi connectivity index (χ4v) is 4.58. The number of allylic oxidation sites excluding steroid dienone is 1. The lowest BCUT2D eigenvalue weighted by Crippen LogP contribution is -2.32. The third kappa shape index (κ3) is 2.88. The molecular weight excluding hydrogens is 387 g/mol. The summed E-state index contributed by atoms with van der Waals surface area (Å²) in [7, 11) is 0. The molecule has 0 saturated carbocycles. The second-order valence-electron chi connectivity index (χ2n) is 8.44. The van der Waals surface area contributed by atoms with Crippen molar-refractivity contribution in [2.75, 3.05) is 5.32 Å². The van der Waals surface area contributed by atoms with Crippen LogP contribution in [0.3, 0.4) is 0 Å². The minimum atomic E-state index is -0.757. The van der Waals surface area contributed by atoms with Crippen LogP contribution in [0, 0.1) is 17.5 Å². The number of hydrogen-bond donors (Lipinski definition) is 1. The van der Waals surface area contributed by atoms with E-state index in [-0.39, 0.29) is 17.1 Å². The normalized spacial score (nSPS) is 18.3. The molecule has 0 fully saturated rings. The van der Waals surface area contributed by atoms with Gasteiger partial charge in [0, 0.05) is 28.4 Å². The predicted molar refractivity (Wildman–Crippen MR) is 112 cm³/mol. The van der Waals surface area contributed by atoms with E-state index < -0.39 is 17.7 Å². The summed E-state index contributed by atoms with van der Waals surface area (Å²) >= 11 is 0. The van der Waals surface area contributed by atoms with Crippen LogP contribution in [0.4, 0.5) is 18.9 Å². The highest BCUT2D eigenvalue weighted by molar-refractivity contribution is 5.90. The maximum Gasteiger partial charge on any atom is 0.168 e. The van der Waals surface area contributed by atoms with Crippen LogP contribution in [0.5, 0.6) is 5.75 Å². The van der Waals surface area contributed by atoms with Crippen molar-refractivity contribution in [3.63, 3.8) is 0 Å². The van der Waals surface area contributed by atoms with E-state index in [0.717, 1.165) is 28.5 Å². The van der Waals surface area contributed by atoms with E-state index in [0.29, 0.717) is 16.7 Å². The summed E-state index contributed by atoms with van der Waals surface area (Å²) in [6.07, 6.45) is 1.47. The van der Waals surface area contributed by atoms with Gasteiger partial charge in [0.2, 0.25) is 0 Å². The van der Waals surface area contributed by atoms with Crippen molar-refractivity contribution >= 4 is 11.3 Å². The van der Waals surface area contributed by atoms with E-state index in [1.807, 2.05) is 19.1 Å². The van der Waals surface area contributed by atoms with E-state index in [4.69, 9.17) is 4.74 Å². The molecule has 0 aromatic heterocycles. The number of ether oxygens (including phenoxy) is 1. The molecular formula is C25H20F3NO. The fraction of sp³-hybridized carbons (Fsp3) is 0.200. The molecule has 5 rings (SSSR count). The number of nitrogens with one attached hydrogen (secondary N) is 1. The Kier molecular flexibility index (Phi) is 4.01. The van der Waals surface area contributed by atoms with Crippen molar-refractivity contribution < 1.29 is 17.9 Å². The average molecular weight is 407 g/mol. The summed E-state index contributed by atoms with van der Waals surface area (Å²) < 4.78 is 48.4. The van der Waals surface area contributed by atoms with Crippen molar-refractivity contribution in [2.24, 2.45) is 0 Å². The Bertz CT molecular complexity index is 1210. The van der Waals surface area contributed by atoms with Gasteiger partial charge in [-0.05, 0) is 61.7 Å². The highest BCUT2D eigenvalue weighted by Gasteiger charge is 2.35. The average Bonchev–Trinajstić information content (AvgIpc) is 2.66. The molecule has 3 aromatic carbocycles. The van der Waals surface area contributed by atoms with E-state index in [2.05, 4.69) is 25.2 Å². The molecule has 0 bridgehead atoms. The van der Waals surface area contributed by atoms with E-state index in [1.165, 1.54) is 18.2 Å². The second-order valence-corrected chi connectivity index (χ2v) is 8.44. The van der Waals surface area contributed by atoms with Crippen LogP contribution in [-0.4, -0.2) is 5.54 Å². The maximum absolute atomic E-state index is 14.6. The minimum Gasteiger partial charge on any atom is -0.477 e. The maximum atomic E-state index is 14.6. The van der Waals surface area contributed by atoms with Gasteiger partial charge in [-0.1, -0.05) is 24.3 Å². The Balaban J connectivity index is 1.83. The first-order chi connectivity index (χ1) is 14.2. The van der Waals surface area contributed by atoms with Crippen LogP contribution in [-0.2, 0) is 0 Å². The molecule has 2 nitrogen and oxygen atoms in total. The molecule has 2 heterocycles. The summed E-state index contributed by atoms with van der Waals surface area (Å²) in [6, 6.07) is 11.9. The molecule has 152 valence electrons. The molecule has 0 aliphatic carbocycles. The first-order valence-electron chi connectivity index (χ1n) is 9.80. The third-order valence-corrected chi connectivity index (χ3v) is 5.64. The molecule has 0 spiro atoms. The molecule has 1 N–H and O–H groups in total. The summed E-state index contributed by atoms with van der Waals surface area (Å²) in [5.41, 5.74) is 5.26. The van der Waals surface area contributed by atoms with E-state index >= 15 is 0 Å². The van der Waals surface area contributed by atoms with Crippen molar-refractivity contribution in [3.8, 4) is 16.9 Å². The van der Waals surface area contributed by atoms with Crippen LogP contribution in [0.15, 0.2) is 54.6 Å². The molecule has 5 heteroatoms. The van der Waals surface area contributed by atoms with Crippen LogP contribution in [0.2, 0.25) is 0 Å². The summed E-state index contributed by atoms with van der Waals surface area (Å²) in [5, 5.41) is 3.50. The monoisotopic (exact) mass is 407 g/mol. The van der Waals surface area contributed by atoms with Gasteiger partial charge in [0.1, 0.15) is 11.6 Å². The molecule has 0 amide bonds. The van der Waals surface area contributed by atoms with Gasteiger partial charge in [0.05, 0.1) is 5.54 Å². The molecule has 2 aliphatic rings. The molecule has 1 atom stereocenters. The number of rotatable bonds is 1. The van der Waals surface area contributed by atoms with Crippen molar-refractivity contribution in [1.82, 2.24) is 0 Å². The lowest BCUT2D eigenvalue weighted by atomic mass is 9.80. The number of hydrogen-bond acceptors (Lipinski definition) is 2. The summed E-state index contributed by atoms with van der Waals surface area (Å²) in [4.78, 5) is 0. The molecule has 0 radical (unpaired) electrons. The zero-order chi connectivity index (χ0) is 21.2. The zero-order valence-corrected chi connectivity index (χ0v) is 16.8. The standard InChI is InChI=1S/C25H20F3NO/c1-13-12-25(2,3)29-20-9-8-17-18-10-16(27)11-19(28)24(18)30-23(22(17)21(13)20)14-4-6-15(26)7-5-14/h4-12,23,29H,1-3H3. The number of halogens is 3. The Morgan fingerprint density at radius 1 is 0.900 bits per heavy atom. The highest BCUT2D eigenvalue weighted by Crippen LogP contribution is 2.51. The van der Waals surface area contributed by atoms with Crippen LogP contribution < -0.4 is 10.1 Å². The van der Waals surface area contributed by atoms with Gasteiger partial charge in [0.15, 0.2) is 17.7 Å². The number of fused-ring (bicyclic) bond motifs is 5. The van der Waals surface area contributed by atoms with Crippen molar-refractivity contribution in [1.29, 1.82) is 0 Å². The highest BCUT2D eigenvalue weighted by atomic mass is 19.1. The Morgan fingerprint density at radius 3 is 2.37 bits per heavy atom. The predicted octanol–water partition coefficient (Wildman–Crippen LogP) is 6.86. The molecule has 1 unspecified atom stereocenters. The van der Waals surface area contributed by atoms with Gasteiger partial charge in [0.25, 0.3) is 0 Å². The van der Waals surface area contributed by atoms with Gasteiger partial charge in [-0.15, -0.1) is 0 Å². The van der Waals surface area contributed by atoms with Crippen molar-refractivity contribution in [3.05, 3.63) is 88.7 Å². The van der Waals surface area contributed by atoms with Crippen LogP contribution in [0.25, 0.3) is 16.7 Å². The topological polar surface area (TPSA) is 21.3 Å². The largest absolute Gasteiger partial charge is 0.477 e. The van der Waals surface area contributed by atoms with E-state index in [1.54, 1.807) is 12.1 Å². The van der Waals surface area contributed by atoms with Gasteiger partial charge in [-0.3, -0.25) is 0 Å². The molecule has 3 aromatic rings. The third-order valence-electron chi connectivity index (χ3n) is 5.64. The Morgan fingerprint density at radius 2 is 1.63 bits per heavy atom. The first kappa shape index (κ1) is 18.8. The quantitative estimate of drug-likeness (QED) is 0.476. The number of anilines is 1. The second kappa shape index (κ2) is 6.39. The molecule has 30 heavy (non-hydrogen) atoms. The minimum absolute atomic E-state index is 0.00362. The van der Waals surface area contributed by atoms with Gasteiger partial charge in [-0.25, -0.2) is 13.2 Å². The fourth-order valence-electron chi connectivity index (χ4n) is 4.58. The van der Waals surface area contributed by atoms with Crippen LogP contribution >= 0.6 is 0 Å². The van der Waals surface area contributed by atoms with Crippen LogP contribution in [0.1, 0.15) is 43.6 Å². The smallest absolute Gasteiger partial charge is 0.168 e. The Labute approximate surface area is 173 Å². The summed E-state index contributed by atoms with van der Waals surface area (Å²) in [6.45, 7) is 6.17.